The van der Waals surface area contributed by atoms with Crippen molar-refractivity contribution in [2.75, 3.05) is 13.2 Å². The zero-order chi connectivity index (χ0) is 68.4. The monoisotopic (exact) mass is 1340 g/mol. The summed E-state index contributed by atoms with van der Waals surface area (Å²) in [5.41, 5.74) is 0. The third-order valence-electron chi connectivity index (χ3n) is 21.0. The van der Waals surface area contributed by atoms with Crippen LogP contribution < -0.4 is 5.32 Å². The van der Waals surface area contributed by atoms with Crippen LogP contribution in [0.4, 0.5) is 0 Å². The molecule has 0 aromatic rings. The summed E-state index contributed by atoms with van der Waals surface area (Å²) in [4.78, 5) is 24.7. The van der Waals surface area contributed by atoms with E-state index >= 15 is 0 Å². The van der Waals surface area contributed by atoms with E-state index in [1.807, 2.05) is 0 Å². The van der Waals surface area contributed by atoms with Crippen LogP contribution in [-0.4, -0.2) is 47.4 Å². The van der Waals surface area contributed by atoms with E-state index in [9.17, 15) is 19.8 Å². The van der Waals surface area contributed by atoms with Gasteiger partial charge in [-0.05, 0) is 77.0 Å². The van der Waals surface area contributed by atoms with Gasteiger partial charge in [0.25, 0.3) is 0 Å². The van der Waals surface area contributed by atoms with Crippen LogP contribution in [0.15, 0.2) is 24.3 Å². The van der Waals surface area contributed by atoms with Gasteiger partial charge in [0, 0.05) is 12.8 Å². The fraction of sp³-hybridized carbons (Fsp3) is 0.933. The summed E-state index contributed by atoms with van der Waals surface area (Å²) in [5.74, 6) is -0.00915. The lowest BCUT2D eigenvalue weighted by Gasteiger charge is -2.22. The number of ether oxygens (including phenoxy) is 1. The van der Waals surface area contributed by atoms with Gasteiger partial charge in [-0.15, -0.1) is 0 Å². The molecule has 0 aliphatic rings. The number of amides is 1. The molecule has 1 amide bonds. The van der Waals surface area contributed by atoms with Crippen LogP contribution in [0.5, 0.6) is 0 Å². The number of aliphatic hydroxyl groups excluding tert-OH is 2. The fourth-order valence-corrected chi connectivity index (χ4v) is 14.3. The predicted octanol–water partition coefficient (Wildman–Crippen LogP) is 29.6. The van der Waals surface area contributed by atoms with Crippen molar-refractivity contribution in [3.8, 4) is 0 Å². The Morgan fingerprint density at radius 3 is 0.747 bits per heavy atom. The molecule has 0 aromatic heterocycles. The first-order valence-corrected chi connectivity index (χ1v) is 44.1. The Morgan fingerprint density at radius 2 is 0.495 bits per heavy atom. The molecule has 0 fully saturated rings. The average molecular weight is 1340 g/mol. The number of hydrogen-bond donors (Lipinski definition) is 3. The minimum absolute atomic E-state index is 0.0153. The maximum absolute atomic E-state index is 12.6. The summed E-state index contributed by atoms with van der Waals surface area (Å²) in [7, 11) is 0. The third kappa shape index (κ3) is 81.2. The van der Waals surface area contributed by atoms with Gasteiger partial charge in [0.05, 0.1) is 25.4 Å². The molecule has 3 N–H and O–H groups in total. The summed E-state index contributed by atoms with van der Waals surface area (Å²) >= 11 is 0. The third-order valence-corrected chi connectivity index (χ3v) is 21.0. The molecule has 0 rings (SSSR count). The molecule has 6 nitrogen and oxygen atoms in total. The lowest BCUT2D eigenvalue weighted by Crippen LogP contribution is -2.45. The highest BCUT2D eigenvalue weighted by Gasteiger charge is 2.20. The number of carbonyl (C=O) groups is 2. The summed E-state index contributed by atoms with van der Waals surface area (Å²) < 4.78 is 5.51. The van der Waals surface area contributed by atoms with Gasteiger partial charge in [0.15, 0.2) is 0 Å². The maximum Gasteiger partial charge on any atom is 0.305 e. The molecule has 0 saturated carbocycles. The number of hydrogen-bond acceptors (Lipinski definition) is 5. The first-order chi connectivity index (χ1) is 47.0. The standard InChI is InChI=1S/C89H173NO5/c1-3-5-7-9-11-13-15-17-19-21-22-23-24-38-41-44-47-50-53-57-61-65-69-73-77-81-87(92)86(85-91)90-88(93)82-78-74-70-66-62-58-54-51-48-45-42-39-36-34-32-30-28-26-25-27-29-31-33-35-37-40-43-46-49-52-56-60-64-68-72-76-80-84-95-89(94)83-79-75-71-67-63-59-55-20-18-16-14-12-10-8-6-4-2/h20,25,27,55,86-87,91-92H,3-19,21-24,26,28-54,56-85H2,1-2H3,(H,90,93)/b27-25-,55-20-. The Morgan fingerprint density at radius 1 is 0.284 bits per heavy atom. The number of allylic oxidation sites excluding steroid dienone is 4. The van der Waals surface area contributed by atoms with Crippen LogP contribution >= 0.6 is 0 Å². The molecule has 564 valence electrons. The second kappa shape index (κ2) is 84.8. The molecule has 6 heteroatoms. The van der Waals surface area contributed by atoms with Gasteiger partial charge in [0.2, 0.25) is 5.91 Å². The van der Waals surface area contributed by atoms with Crippen molar-refractivity contribution in [1.82, 2.24) is 5.32 Å². The van der Waals surface area contributed by atoms with E-state index < -0.39 is 12.1 Å². The molecule has 2 atom stereocenters. The SMILES string of the molecule is CCCCCCCCC/C=C\CCCCCCCC(=O)OCCCCCCCCCCCCCCCCCC/C=C\CCCCCCCCCCCCCCCCCCCC(=O)NC(CO)C(O)CCCCCCCCCCCCCCCCCCCCCCCCCCC. The number of carbonyl (C=O) groups excluding carboxylic acids is 2. The number of nitrogens with one attached hydrogen (secondary N) is 1. The van der Waals surface area contributed by atoms with E-state index in [0.717, 1.165) is 44.9 Å². The van der Waals surface area contributed by atoms with Gasteiger partial charge in [-0.1, -0.05) is 443 Å². The Kier molecular flexibility index (Phi) is 83.3. The lowest BCUT2D eigenvalue weighted by molar-refractivity contribution is -0.143. The molecule has 0 aliphatic carbocycles. The maximum atomic E-state index is 12.6. The molecule has 0 bridgehead atoms. The van der Waals surface area contributed by atoms with Crippen molar-refractivity contribution in [1.29, 1.82) is 0 Å². The molecule has 2 unspecified atom stereocenters. The zero-order valence-corrected chi connectivity index (χ0v) is 64.9. The molecule has 0 heterocycles. The smallest absolute Gasteiger partial charge is 0.305 e. The minimum atomic E-state index is -0.663. The second-order valence-electron chi connectivity index (χ2n) is 30.6. The van der Waals surface area contributed by atoms with Crippen LogP contribution in [0.3, 0.4) is 0 Å². The van der Waals surface area contributed by atoms with Crippen molar-refractivity contribution in [2.45, 2.75) is 520 Å². The summed E-state index contributed by atoms with van der Waals surface area (Å²) in [6.45, 7) is 5.01. The zero-order valence-electron chi connectivity index (χ0n) is 64.9. The van der Waals surface area contributed by atoms with E-state index in [-0.39, 0.29) is 18.5 Å². The fourth-order valence-electron chi connectivity index (χ4n) is 14.3. The summed E-state index contributed by atoms with van der Waals surface area (Å²) in [6.07, 6.45) is 110. The first kappa shape index (κ1) is 93.3. The number of rotatable bonds is 84. The molecule has 0 saturated heterocycles. The summed E-state index contributed by atoms with van der Waals surface area (Å²) in [6, 6.07) is -0.540. The lowest BCUT2D eigenvalue weighted by atomic mass is 10.0. The number of esters is 1. The number of unbranched alkanes of at least 4 members (excludes halogenated alkanes) is 69. The molecule has 0 spiro atoms. The Balaban J connectivity index is 3.33. The van der Waals surface area contributed by atoms with Gasteiger partial charge in [-0.2, -0.15) is 0 Å². The van der Waals surface area contributed by atoms with E-state index in [0.29, 0.717) is 25.9 Å². The molecule has 95 heavy (non-hydrogen) atoms. The normalized spacial score (nSPS) is 12.5. The van der Waals surface area contributed by atoms with Crippen molar-refractivity contribution in [3.05, 3.63) is 24.3 Å². The van der Waals surface area contributed by atoms with E-state index in [1.54, 1.807) is 0 Å². The Bertz CT molecular complexity index is 1500. The predicted molar refractivity (Wildman–Crippen MR) is 421 cm³/mol. The average Bonchev–Trinajstić information content (AvgIpc) is 2.97. The van der Waals surface area contributed by atoms with Gasteiger partial charge in [0.1, 0.15) is 0 Å². The minimum Gasteiger partial charge on any atom is -0.466 e. The van der Waals surface area contributed by atoms with Gasteiger partial charge < -0.3 is 20.3 Å². The number of aliphatic hydroxyl groups is 2. The van der Waals surface area contributed by atoms with E-state index in [2.05, 4.69) is 43.5 Å². The van der Waals surface area contributed by atoms with Crippen molar-refractivity contribution >= 4 is 11.9 Å². The highest BCUT2D eigenvalue weighted by molar-refractivity contribution is 5.76. The molecule has 0 radical (unpaired) electrons. The molecule has 0 aliphatic heterocycles. The van der Waals surface area contributed by atoms with Crippen LogP contribution in [-0.2, 0) is 14.3 Å². The second-order valence-corrected chi connectivity index (χ2v) is 30.6. The quantitative estimate of drug-likeness (QED) is 0.0320. The highest BCUT2D eigenvalue weighted by Crippen LogP contribution is 2.21. The Hall–Kier alpha value is -1.66. The largest absolute Gasteiger partial charge is 0.466 e. The van der Waals surface area contributed by atoms with Crippen molar-refractivity contribution < 1.29 is 24.5 Å². The van der Waals surface area contributed by atoms with Crippen LogP contribution in [0.25, 0.3) is 0 Å². The Labute approximate surface area is 596 Å². The summed E-state index contributed by atoms with van der Waals surface area (Å²) in [5, 5.41) is 23.5. The van der Waals surface area contributed by atoms with Crippen LogP contribution in [0.2, 0.25) is 0 Å². The first-order valence-electron chi connectivity index (χ1n) is 44.1. The van der Waals surface area contributed by atoms with Crippen LogP contribution in [0.1, 0.15) is 508 Å². The van der Waals surface area contributed by atoms with Gasteiger partial charge >= 0.3 is 5.97 Å². The molecular weight excluding hydrogens is 1160 g/mol. The van der Waals surface area contributed by atoms with Crippen molar-refractivity contribution in [2.24, 2.45) is 0 Å². The van der Waals surface area contributed by atoms with Crippen molar-refractivity contribution in [3.63, 3.8) is 0 Å². The van der Waals surface area contributed by atoms with E-state index in [4.69, 9.17) is 4.74 Å². The van der Waals surface area contributed by atoms with E-state index in [1.165, 1.54) is 430 Å². The van der Waals surface area contributed by atoms with Crippen LogP contribution in [0, 0.1) is 0 Å². The molecular formula is C89H173NO5. The van der Waals surface area contributed by atoms with Gasteiger partial charge in [-0.3, -0.25) is 9.59 Å². The molecule has 0 aromatic carbocycles. The highest BCUT2D eigenvalue weighted by atomic mass is 16.5. The topological polar surface area (TPSA) is 95.9 Å². The van der Waals surface area contributed by atoms with Gasteiger partial charge in [-0.25, -0.2) is 0 Å².